The Morgan fingerprint density at radius 3 is 2.10 bits per heavy atom. The van der Waals surface area contributed by atoms with Crippen LogP contribution in [0.1, 0.15) is 58.7 Å². The van der Waals surface area contributed by atoms with Crippen molar-refractivity contribution in [1.82, 2.24) is 14.8 Å². The molecule has 1 aliphatic heterocycles. The molecule has 5 aromatic rings. The second-order valence-electron chi connectivity index (χ2n) is 13.8. The molecule has 1 amide bonds. The number of aryl methyl sites for hydroxylation is 2. The Labute approximate surface area is 308 Å². The Hall–Kier alpha value is -5.40. The van der Waals surface area contributed by atoms with E-state index < -0.39 is 0 Å². The fourth-order valence-electron chi connectivity index (χ4n) is 6.08. The summed E-state index contributed by atoms with van der Waals surface area (Å²) in [5, 5.41) is 0. The first-order valence-corrected chi connectivity index (χ1v) is 18.2. The number of nitrogens with zero attached hydrogens (tertiary/aromatic N) is 3. The minimum absolute atomic E-state index is 0.0377. The number of carbonyl (C=O) groups is 1. The lowest BCUT2D eigenvalue weighted by Crippen LogP contribution is -2.47. The molecule has 1 aliphatic rings. The third-order valence-electron chi connectivity index (χ3n) is 9.42. The third-order valence-corrected chi connectivity index (χ3v) is 9.42. The molecule has 1 aromatic heterocycles. The second kappa shape index (κ2) is 17.7. The summed E-state index contributed by atoms with van der Waals surface area (Å²) in [6.07, 6.45) is 6.11. The summed E-state index contributed by atoms with van der Waals surface area (Å²) in [5.41, 5.74) is 8.19. The Balaban J connectivity index is 0.903. The van der Waals surface area contributed by atoms with Crippen LogP contribution in [0.25, 0.3) is 6.08 Å². The Kier molecular flexibility index (Phi) is 12.4. The summed E-state index contributed by atoms with van der Waals surface area (Å²) in [4.78, 5) is 21.8. The van der Waals surface area contributed by atoms with E-state index in [1.54, 1.807) is 18.3 Å². The second-order valence-corrected chi connectivity index (χ2v) is 13.8. The largest absolute Gasteiger partial charge is 0.493 e. The highest BCUT2D eigenvalue weighted by Gasteiger charge is 2.20. The Morgan fingerprint density at radius 1 is 0.750 bits per heavy atom. The van der Waals surface area contributed by atoms with Crippen LogP contribution < -0.4 is 14.2 Å². The highest BCUT2D eigenvalue weighted by molar-refractivity contribution is 5.92. The van der Waals surface area contributed by atoms with Gasteiger partial charge in [-0.3, -0.25) is 9.69 Å². The lowest BCUT2D eigenvalue weighted by molar-refractivity contribution is -0.127. The minimum atomic E-state index is 0.0377. The van der Waals surface area contributed by atoms with Gasteiger partial charge in [0.25, 0.3) is 0 Å². The molecule has 0 unspecified atom stereocenters. The first-order valence-electron chi connectivity index (χ1n) is 18.2. The van der Waals surface area contributed by atoms with Crippen molar-refractivity contribution in [3.63, 3.8) is 0 Å². The molecule has 0 radical (unpaired) electrons. The monoisotopic (exact) mass is 695 g/mol. The van der Waals surface area contributed by atoms with Gasteiger partial charge in [-0.05, 0) is 89.6 Å². The number of ether oxygens (including phenoxy) is 3. The van der Waals surface area contributed by atoms with Crippen LogP contribution >= 0.6 is 0 Å². The predicted molar refractivity (Wildman–Crippen MR) is 208 cm³/mol. The number of hydrogen-bond donors (Lipinski definition) is 0. The van der Waals surface area contributed by atoms with Crippen molar-refractivity contribution in [3.05, 3.63) is 154 Å². The lowest BCUT2D eigenvalue weighted by Gasteiger charge is -2.34. The molecule has 2 heterocycles. The molecule has 268 valence electrons. The van der Waals surface area contributed by atoms with Gasteiger partial charge in [0, 0.05) is 51.3 Å². The van der Waals surface area contributed by atoms with E-state index in [2.05, 4.69) is 103 Å². The fourth-order valence-corrected chi connectivity index (χ4v) is 6.08. The Bertz CT molecular complexity index is 1910. The summed E-state index contributed by atoms with van der Waals surface area (Å²) in [6.45, 7) is 13.6. The zero-order chi connectivity index (χ0) is 36.3. The van der Waals surface area contributed by atoms with Crippen molar-refractivity contribution in [2.24, 2.45) is 0 Å². The quantitative estimate of drug-likeness (QED) is 0.108. The van der Waals surface area contributed by atoms with Gasteiger partial charge in [0.2, 0.25) is 11.8 Å². The number of carbonyl (C=O) groups excluding carboxylic acids is 1. The maximum absolute atomic E-state index is 13.0. The summed E-state index contributed by atoms with van der Waals surface area (Å²) < 4.78 is 17.8. The average molecular weight is 696 g/mol. The first kappa shape index (κ1) is 36.4. The number of hydrogen-bond acceptors (Lipinski definition) is 6. The number of pyridine rings is 1. The van der Waals surface area contributed by atoms with Crippen LogP contribution in [0.15, 0.2) is 115 Å². The maximum atomic E-state index is 13.0. The standard InChI is InChI=1S/C45H49N3O4/c1-33(2)39-13-17-41(18-14-39)50-28-23-36-9-11-37(12-10-36)31-47-24-26-48(27-25-47)45(49)22-16-40-15-19-42(29-35(40)4)52-44-21-20-43(30-46-44)51-32-38-7-5-34(3)6-8-38/h5-22,29-30,33H,23-28,31-32H2,1-4H3. The maximum Gasteiger partial charge on any atom is 0.246 e. The highest BCUT2D eigenvalue weighted by Crippen LogP contribution is 2.25. The minimum Gasteiger partial charge on any atom is -0.493 e. The molecule has 0 saturated carbocycles. The Morgan fingerprint density at radius 2 is 1.42 bits per heavy atom. The van der Waals surface area contributed by atoms with E-state index >= 15 is 0 Å². The van der Waals surface area contributed by atoms with E-state index in [-0.39, 0.29) is 5.91 Å². The first-order chi connectivity index (χ1) is 25.3. The third kappa shape index (κ3) is 10.6. The summed E-state index contributed by atoms with van der Waals surface area (Å²) >= 11 is 0. The van der Waals surface area contributed by atoms with Crippen LogP contribution in [0.4, 0.5) is 0 Å². The van der Waals surface area contributed by atoms with Gasteiger partial charge in [0.15, 0.2) is 0 Å². The molecule has 0 spiro atoms. The van der Waals surface area contributed by atoms with Crippen molar-refractivity contribution in [2.75, 3.05) is 32.8 Å². The fraction of sp³-hybridized carbons (Fsp3) is 0.289. The predicted octanol–water partition coefficient (Wildman–Crippen LogP) is 9.17. The van der Waals surface area contributed by atoms with Gasteiger partial charge >= 0.3 is 0 Å². The van der Waals surface area contributed by atoms with E-state index in [0.717, 1.165) is 48.5 Å². The van der Waals surface area contributed by atoms with Gasteiger partial charge in [-0.2, -0.15) is 0 Å². The molecular weight excluding hydrogens is 647 g/mol. The smallest absolute Gasteiger partial charge is 0.246 e. The number of piperazine rings is 1. The molecule has 0 atom stereocenters. The van der Waals surface area contributed by atoms with Crippen LogP contribution in [0.2, 0.25) is 0 Å². The lowest BCUT2D eigenvalue weighted by atomic mass is 10.0. The van der Waals surface area contributed by atoms with E-state index in [9.17, 15) is 4.79 Å². The molecular formula is C45H49N3O4. The van der Waals surface area contributed by atoms with Crippen molar-refractivity contribution < 1.29 is 19.0 Å². The number of benzene rings is 4. The van der Waals surface area contributed by atoms with E-state index in [1.807, 2.05) is 42.2 Å². The molecule has 1 fully saturated rings. The SMILES string of the molecule is Cc1ccc(COc2ccc(Oc3ccc(C=CC(=O)N4CCN(Cc5ccc(CCOc6ccc(C(C)C)cc6)cc5)CC4)c(C)c3)nc2)cc1. The van der Waals surface area contributed by atoms with Crippen LogP contribution in [0.5, 0.6) is 23.1 Å². The van der Waals surface area contributed by atoms with Crippen molar-refractivity contribution >= 4 is 12.0 Å². The van der Waals surface area contributed by atoms with E-state index in [1.165, 1.54) is 22.3 Å². The number of amides is 1. The molecule has 0 N–H and O–H groups in total. The van der Waals surface area contributed by atoms with Crippen LogP contribution in [-0.2, 0) is 24.4 Å². The normalized spacial score (nSPS) is 13.4. The van der Waals surface area contributed by atoms with Crippen molar-refractivity contribution in [1.29, 1.82) is 0 Å². The summed E-state index contributed by atoms with van der Waals surface area (Å²) in [6, 6.07) is 35.0. The zero-order valence-corrected chi connectivity index (χ0v) is 30.8. The zero-order valence-electron chi connectivity index (χ0n) is 30.8. The topological polar surface area (TPSA) is 64.1 Å². The molecule has 0 bridgehead atoms. The molecule has 7 heteroatoms. The van der Waals surface area contributed by atoms with Crippen molar-refractivity contribution in [3.8, 4) is 23.1 Å². The van der Waals surface area contributed by atoms with Gasteiger partial charge in [0.1, 0.15) is 23.9 Å². The van der Waals surface area contributed by atoms with Crippen LogP contribution in [-0.4, -0.2) is 53.5 Å². The summed E-state index contributed by atoms with van der Waals surface area (Å²) in [7, 11) is 0. The number of rotatable bonds is 14. The van der Waals surface area contributed by atoms with Gasteiger partial charge < -0.3 is 19.1 Å². The van der Waals surface area contributed by atoms with Gasteiger partial charge in [-0.15, -0.1) is 0 Å². The molecule has 0 aliphatic carbocycles. The van der Waals surface area contributed by atoms with E-state index in [0.29, 0.717) is 49.6 Å². The van der Waals surface area contributed by atoms with E-state index in [4.69, 9.17) is 14.2 Å². The van der Waals surface area contributed by atoms with Crippen molar-refractivity contribution in [2.45, 2.75) is 53.2 Å². The molecule has 1 saturated heterocycles. The number of aromatic nitrogens is 1. The summed E-state index contributed by atoms with van der Waals surface area (Å²) in [5.74, 6) is 3.33. The van der Waals surface area contributed by atoms with Crippen LogP contribution in [0.3, 0.4) is 0 Å². The van der Waals surface area contributed by atoms with Gasteiger partial charge in [-0.1, -0.05) is 86.1 Å². The van der Waals surface area contributed by atoms with Crippen LogP contribution in [0, 0.1) is 13.8 Å². The molecule has 6 rings (SSSR count). The highest BCUT2D eigenvalue weighted by atomic mass is 16.5. The molecule has 52 heavy (non-hydrogen) atoms. The average Bonchev–Trinajstić information content (AvgIpc) is 3.16. The van der Waals surface area contributed by atoms with Gasteiger partial charge in [0.05, 0.1) is 12.8 Å². The molecule has 7 nitrogen and oxygen atoms in total. The molecule has 4 aromatic carbocycles. The van der Waals surface area contributed by atoms with Gasteiger partial charge in [-0.25, -0.2) is 4.98 Å².